The molecule has 0 bridgehead atoms. The number of nitrogens with two attached hydrogens (primary N) is 1. The van der Waals surface area contributed by atoms with Crippen molar-refractivity contribution in [1.82, 2.24) is 0 Å². The molecule has 0 fully saturated rings. The van der Waals surface area contributed by atoms with Crippen LogP contribution in [0.1, 0.15) is 0 Å². The third-order valence-corrected chi connectivity index (χ3v) is 1.67. The van der Waals surface area contributed by atoms with Gasteiger partial charge in [0.05, 0.1) is 4.47 Å². The number of phenols is 2. The van der Waals surface area contributed by atoms with Crippen molar-refractivity contribution in [3.8, 4) is 11.5 Å². The van der Waals surface area contributed by atoms with E-state index in [0.717, 1.165) is 0 Å². The molecule has 0 amide bonds. The molecule has 0 heterocycles. The summed E-state index contributed by atoms with van der Waals surface area (Å²) in [6.45, 7) is 0. The van der Waals surface area contributed by atoms with E-state index in [2.05, 4.69) is 15.9 Å². The molecule has 3 nitrogen and oxygen atoms in total. The number of aromatic hydroxyl groups is 2. The molecule has 0 aliphatic heterocycles. The molecule has 0 saturated carbocycles. The van der Waals surface area contributed by atoms with Gasteiger partial charge in [0.2, 0.25) is 0 Å². The van der Waals surface area contributed by atoms with Gasteiger partial charge in [0.1, 0.15) is 0 Å². The van der Waals surface area contributed by atoms with Gasteiger partial charge >= 0.3 is 0 Å². The van der Waals surface area contributed by atoms with Crippen molar-refractivity contribution >= 4 is 21.6 Å². The number of halogens is 1. The molecule has 10 heavy (non-hydrogen) atoms. The molecule has 0 radical (unpaired) electrons. The molecule has 4 heteroatoms. The van der Waals surface area contributed by atoms with Crippen LogP contribution in [0.25, 0.3) is 0 Å². The topological polar surface area (TPSA) is 66.5 Å². The molecule has 0 aliphatic rings. The number of anilines is 1. The van der Waals surface area contributed by atoms with Crippen LogP contribution < -0.4 is 5.73 Å². The van der Waals surface area contributed by atoms with Crippen molar-refractivity contribution in [1.29, 1.82) is 0 Å². The maximum Gasteiger partial charge on any atom is 0.172 e. The zero-order chi connectivity index (χ0) is 7.72. The molecule has 0 atom stereocenters. The molecule has 0 saturated heterocycles. The van der Waals surface area contributed by atoms with Crippen LogP contribution in [0, 0.1) is 0 Å². The van der Waals surface area contributed by atoms with E-state index < -0.39 is 0 Å². The monoisotopic (exact) mass is 203 g/mol. The lowest BCUT2D eigenvalue weighted by atomic mass is 10.3. The fraction of sp³-hybridized carbons (Fsp3) is 0. The average molecular weight is 204 g/mol. The van der Waals surface area contributed by atoms with Crippen LogP contribution in [0.2, 0.25) is 0 Å². The average Bonchev–Trinajstić information content (AvgIpc) is 1.82. The maximum absolute atomic E-state index is 8.98. The first-order chi connectivity index (χ1) is 4.61. The summed E-state index contributed by atoms with van der Waals surface area (Å²) in [6.07, 6.45) is 0. The normalized spacial score (nSPS) is 9.70. The molecule has 0 aromatic heterocycles. The third-order valence-electron chi connectivity index (χ3n) is 1.07. The predicted octanol–water partition coefficient (Wildman–Crippen LogP) is 1.44. The van der Waals surface area contributed by atoms with Gasteiger partial charge in [-0.15, -0.1) is 0 Å². The first-order valence-electron chi connectivity index (χ1n) is 2.58. The van der Waals surface area contributed by atoms with Gasteiger partial charge in [-0.2, -0.15) is 0 Å². The Labute approximate surface area is 66.2 Å². The zero-order valence-electron chi connectivity index (χ0n) is 5.00. The van der Waals surface area contributed by atoms with E-state index in [4.69, 9.17) is 15.9 Å². The minimum atomic E-state index is -0.216. The largest absolute Gasteiger partial charge is 0.504 e. The second kappa shape index (κ2) is 2.38. The van der Waals surface area contributed by atoms with E-state index in [0.29, 0.717) is 10.2 Å². The Balaban J connectivity index is 3.31. The SMILES string of the molecule is Nc1cc(O)c(O)c(Br)c1. The van der Waals surface area contributed by atoms with E-state index >= 15 is 0 Å². The third kappa shape index (κ3) is 1.16. The summed E-state index contributed by atoms with van der Waals surface area (Å²) >= 11 is 3.01. The lowest BCUT2D eigenvalue weighted by Crippen LogP contribution is -1.83. The summed E-state index contributed by atoms with van der Waals surface area (Å²) < 4.78 is 0.394. The summed E-state index contributed by atoms with van der Waals surface area (Å²) in [4.78, 5) is 0. The fourth-order valence-corrected chi connectivity index (χ4v) is 1.07. The molecule has 1 rings (SSSR count). The van der Waals surface area contributed by atoms with Crippen LogP contribution in [-0.4, -0.2) is 10.2 Å². The Hall–Kier alpha value is -0.900. The van der Waals surface area contributed by atoms with Gasteiger partial charge in [0.15, 0.2) is 11.5 Å². The Kier molecular flexibility index (Phi) is 1.72. The second-order valence-corrected chi connectivity index (χ2v) is 2.72. The minimum Gasteiger partial charge on any atom is -0.504 e. The summed E-state index contributed by atoms with van der Waals surface area (Å²) in [7, 11) is 0. The Morgan fingerprint density at radius 1 is 1.30 bits per heavy atom. The van der Waals surface area contributed by atoms with Gasteiger partial charge < -0.3 is 15.9 Å². The first-order valence-corrected chi connectivity index (χ1v) is 3.37. The maximum atomic E-state index is 8.98. The van der Waals surface area contributed by atoms with Crippen LogP contribution in [0.3, 0.4) is 0 Å². The van der Waals surface area contributed by atoms with Crippen molar-refractivity contribution in [2.45, 2.75) is 0 Å². The minimum absolute atomic E-state index is 0.186. The number of nitrogen functional groups attached to an aromatic ring is 1. The summed E-state index contributed by atoms with van der Waals surface area (Å²) in [5, 5.41) is 17.9. The lowest BCUT2D eigenvalue weighted by Gasteiger charge is -2.00. The highest BCUT2D eigenvalue weighted by Crippen LogP contribution is 2.34. The van der Waals surface area contributed by atoms with E-state index in [9.17, 15) is 0 Å². The quantitative estimate of drug-likeness (QED) is 0.340. The predicted molar refractivity (Wildman–Crippen MR) is 41.9 cm³/mol. The fourth-order valence-electron chi connectivity index (χ4n) is 0.605. The first kappa shape index (κ1) is 7.21. The molecule has 1 aromatic rings. The molecule has 4 N–H and O–H groups in total. The molecule has 0 aliphatic carbocycles. The summed E-state index contributed by atoms with van der Waals surface area (Å²) in [6, 6.07) is 2.79. The summed E-state index contributed by atoms with van der Waals surface area (Å²) in [5.41, 5.74) is 5.73. The zero-order valence-corrected chi connectivity index (χ0v) is 6.59. The van der Waals surface area contributed by atoms with E-state index in [1.165, 1.54) is 12.1 Å². The molecule has 54 valence electrons. The molecular formula is C6H6BrNO2. The van der Waals surface area contributed by atoms with Crippen molar-refractivity contribution in [3.05, 3.63) is 16.6 Å². The van der Waals surface area contributed by atoms with Crippen molar-refractivity contribution in [3.63, 3.8) is 0 Å². The van der Waals surface area contributed by atoms with Crippen molar-refractivity contribution < 1.29 is 10.2 Å². The highest BCUT2D eigenvalue weighted by molar-refractivity contribution is 9.10. The number of hydrogen-bond acceptors (Lipinski definition) is 3. The number of rotatable bonds is 0. The highest BCUT2D eigenvalue weighted by atomic mass is 79.9. The Morgan fingerprint density at radius 2 is 1.90 bits per heavy atom. The van der Waals surface area contributed by atoms with E-state index in [-0.39, 0.29) is 11.5 Å². The number of hydrogen-bond donors (Lipinski definition) is 3. The van der Waals surface area contributed by atoms with Gasteiger partial charge in [-0.3, -0.25) is 0 Å². The van der Waals surface area contributed by atoms with Gasteiger partial charge in [-0.05, 0) is 22.0 Å². The van der Waals surface area contributed by atoms with Gasteiger partial charge in [-0.25, -0.2) is 0 Å². The number of phenolic OH excluding ortho intramolecular Hbond substituents is 2. The van der Waals surface area contributed by atoms with Crippen LogP contribution in [0.5, 0.6) is 11.5 Å². The molecule has 1 aromatic carbocycles. The van der Waals surface area contributed by atoms with Gasteiger partial charge in [-0.1, -0.05) is 0 Å². The second-order valence-electron chi connectivity index (χ2n) is 1.87. The van der Waals surface area contributed by atoms with Crippen LogP contribution in [0.4, 0.5) is 5.69 Å². The summed E-state index contributed by atoms with van der Waals surface area (Å²) in [5.74, 6) is -0.402. The highest BCUT2D eigenvalue weighted by Gasteiger charge is 2.03. The van der Waals surface area contributed by atoms with Gasteiger partial charge in [0.25, 0.3) is 0 Å². The van der Waals surface area contributed by atoms with Crippen LogP contribution >= 0.6 is 15.9 Å². The van der Waals surface area contributed by atoms with Crippen molar-refractivity contribution in [2.24, 2.45) is 0 Å². The number of benzene rings is 1. The standard InChI is InChI=1S/C6H6BrNO2/c7-4-1-3(8)2-5(9)6(4)10/h1-2,9-10H,8H2. The Morgan fingerprint density at radius 3 is 2.40 bits per heavy atom. The van der Waals surface area contributed by atoms with E-state index in [1.54, 1.807) is 0 Å². The molecular weight excluding hydrogens is 198 g/mol. The van der Waals surface area contributed by atoms with Gasteiger partial charge in [0, 0.05) is 11.8 Å². The molecule has 0 spiro atoms. The van der Waals surface area contributed by atoms with E-state index in [1.807, 2.05) is 0 Å². The van der Waals surface area contributed by atoms with Crippen molar-refractivity contribution in [2.75, 3.05) is 5.73 Å². The Bertz CT molecular complexity index is 239. The van der Waals surface area contributed by atoms with Crippen LogP contribution in [0.15, 0.2) is 16.6 Å². The van der Waals surface area contributed by atoms with Crippen LogP contribution in [-0.2, 0) is 0 Å². The lowest BCUT2D eigenvalue weighted by molar-refractivity contribution is 0.402. The molecule has 0 unspecified atom stereocenters. The smallest absolute Gasteiger partial charge is 0.172 e.